The van der Waals surface area contributed by atoms with Crippen molar-refractivity contribution in [3.63, 3.8) is 0 Å². The monoisotopic (exact) mass is 246 g/mol. The fraction of sp³-hybridized carbons (Fsp3) is 0.308. The average molecular weight is 246 g/mol. The molecule has 0 radical (unpaired) electrons. The van der Waals surface area contributed by atoms with E-state index >= 15 is 0 Å². The van der Waals surface area contributed by atoms with Gasteiger partial charge in [-0.1, -0.05) is 0 Å². The first kappa shape index (κ1) is 12.3. The molecule has 0 saturated carbocycles. The third kappa shape index (κ3) is 2.25. The van der Waals surface area contributed by atoms with E-state index in [1.165, 1.54) is 0 Å². The molecule has 5 heteroatoms. The summed E-state index contributed by atoms with van der Waals surface area (Å²) in [6.07, 6.45) is -0.120. The molecular formula is C13H14N2O3. The number of hydrogen-bond acceptors (Lipinski definition) is 3. The number of aromatic nitrogens is 2. The van der Waals surface area contributed by atoms with Gasteiger partial charge in [0.2, 0.25) is 0 Å². The summed E-state index contributed by atoms with van der Waals surface area (Å²) in [6.45, 7) is 1.89. The molecule has 94 valence electrons. The number of aliphatic carboxylic acids is 1. The summed E-state index contributed by atoms with van der Waals surface area (Å²) in [5.41, 5.74) is 2.24. The molecule has 1 aromatic heterocycles. The molecule has 0 unspecified atom stereocenters. The number of nitrogens with zero attached hydrogens (tertiary/aromatic N) is 2. The van der Waals surface area contributed by atoms with Gasteiger partial charge in [0.15, 0.2) is 5.78 Å². The lowest BCUT2D eigenvalue weighted by Crippen LogP contribution is -2.03. The van der Waals surface area contributed by atoms with E-state index in [1.807, 2.05) is 24.6 Å². The Balaban J connectivity index is 2.30. The van der Waals surface area contributed by atoms with Crippen molar-refractivity contribution in [2.24, 2.45) is 7.05 Å². The molecule has 0 bridgehead atoms. The zero-order chi connectivity index (χ0) is 13.3. The van der Waals surface area contributed by atoms with Crippen LogP contribution in [-0.2, 0) is 11.8 Å². The zero-order valence-corrected chi connectivity index (χ0v) is 10.3. The molecule has 0 amide bonds. The van der Waals surface area contributed by atoms with Crippen molar-refractivity contribution in [2.45, 2.75) is 19.8 Å². The molecule has 0 aliphatic rings. The number of benzene rings is 1. The second-order valence-corrected chi connectivity index (χ2v) is 4.24. The van der Waals surface area contributed by atoms with Crippen LogP contribution in [-0.4, -0.2) is 26.4 Å². The van der Waals surface area contributed by atoms with E-state index in [9.17, 15) is 9.59 Å². The quantitative estimate of drug-likeness (QED) is 0.836. The number of imidazole rings is 1. The lowest BCUT2D eigenvalue weighted by atomic mass is 10.1. The summed E-state index contributed by atoms with van der Waals surface area (Å²) in [5, 5.41) is 8.55. The molecule has 2 aromatic rings. The lowest BCUT2D eigenvalue weighted by Gasteiger charge is -2.00. The van der Waals surface area contributed by atoms with Crippen LogP contribution in [0.1, 0.15) is 29.0 Å². The van der Waals surface area contributed by atoms with Gasteiger partial charge in [0.25, 0.3) is 0 Å². The Kier molecular flexibility index (Phi) is 3.14. The first-order chi connectivity index (χ1) is 8.49. The van der Waals surface area contributed by atoms with Crippen molar-refractivity contribution in [1.82, 2.24) is 9.55 Å². The van der Waals surface area contributed by atoms with Crippen LogP contribution in [0.3, 0.4) is 0 Å². The maximum absolute atomic E-state index is 11.8. The van der Waals surface area contributed by atoms with E-state index in [-0.39, 0.29) is 18.6 Å². The number of carbonyl (C=O) groups excluding carboxylic acids is 1. The topological polar surface area (TPSA) is 72.2 Å². The highest BCUT2D eigenvalue weighted by molar-refractivity contribution is 6.00. The first-order valence-electron chi connectivity index (χ1n) is 5.67. The second kappa shape index (κ2) is 4.60. The van der Waals surface area contributed by atoms with Gasteiger partial charge >= 0.3 is 5.97 Å². The molecule has 0 saturated heterocycles. The molecule has 1 N–H and O–H groups in total. The molecule has 0 fully saturated rings. The van der Waals surface area contributed by atoms with E-state index < -0.39 is 5.97 Å². The number of rotatable bonds is 4. The first-order valence-corrected chi connectivity index (χ1v) is 5.67. The van der Waals surface area contributed by atoms with Crippen LogP contribution in [0, 0.1) is 6.92 Å². The van der Waals surface area contributed by atoms with Gasteiger partial charge in [-0.2, -0.15) is 0 Å². The van der Waals surface area contributed by atoms with Crippen molar-refractivity contribution in [3.8, 4) is 0 Å². The molecule has 0 atom stereocenters. The summed E-state index contributed by atoms with van der Waals surface area (Å²) in [4.78, 5) is 26.6. The SMILES string of the molecule is Cc1nc2cc(C(=O)CCC(=O)O)ccc2n1C. The van der Waals surface area contributed by atoms with E-state index in [1.54, 1.807) is 12.1 Å². The van der Waals surface area contributed by atoms with Gasteiger partial charge in [0, 0.05) is 19.0 Å². The van der Waals surface area contributed by atoms with E-state index in [2.05, 4.69) is 4.98 Å². The fourth-order valence-corrected chi connectivity index (χ4v) is 1.86. The predicted octanol–water partition coefficient (Wildman–Crippen LogP) is 1.93. The van der Waals surface area contributed by atoms with Gasteiger partial charge < -0.3 is 9.67 Å². The van der Waals surface area contributed by atoms with Crippen molar-refractivity contribution >= 4 is 22.8 Å². The summed E-state index contributed by atoms with van der Waals surface area (Å²) in [7, 11) is 1.91. The average Bonchev–Trinajstić information content (AvgIpc) is 2.61. The normalized spacial score (nSPS) is 10.8. The molecule has 0 aliphatic carbocycles. The standard InChI is InChI=1S/C13H14N2O3/c1-8-14-10-7-9(3-4-11(10)15(8)2)12(16)5-6-13(17)18/h3-4,7H,5-6H2,1-2H3,(H,17,18). The minimum Gasteiger partial charge on any atom is -0.481 e. The van der Waals surface area contributed by atoms with Crippen molar-refractivity contribution in [1.29, 1.82) is 0 Å². The van der Waals surface area contributed by atoms with Crippen LogP contribution in [0.4, 0.5) is 0 Å². The van der Waals surface area contributed by atoms with Gasteiger partial charge in [0.1, 0.15) is 5.82 Å². The summed E-state index contributed by atoms with van der Waals surface area (Å²) in [6, 6.07) is 5.27. The summed E-state index contributed by atoms with van der Waals surface area (Å²) >= 11 is 0. The van der Waals surface area contributed by atoms with Gasteiger partial charge in [-0.15, -0.1) is 0 Å². The van der Waals surface area contributed by atoms with Crippen LogP contribution in [0.25, 0.3) is 11.0 Å². The zero-order valence-electron chi connectivity index (χ0n) is 10.3. The van der Waals surface area contributed by atoms with E-state index in [4.69, 9.17) is 5.11 Å². The van der Waals surface area contributed by atoms with Gasteiger partial charge in [-0.3, -0.25) is 9.59 Å². The molecule has 5 nitrogen and oxygen atoms in total. The highest BCUT2D eigenvalue weighted by Crippen LogP contribution is 2.17. The third-order valence-corrected chi connectivity index (χ3v) is 2.99. The Morgan fingerprint density at radius 3 is 2.72 bits per heavy atom. The van der Waals surface area contributed by atoms with Crippen LogP contribution < -0.4 is 0 Å². The lowest BCUT2D eigenvalue weighted by molar-refractivity contribution is -0.136. The number of carboxylic acid groups (broad SMARTS) is 1. The Morgan fingerprint density at radius 2 is 2.06 bits per heavy atom. The van der Waals surface area contributed by atoms with Crippen molar-refractivity contribution < 1.29 is 14.7 Å². The minimum atomic E-state index is -0.960. The Bertz CT molecular complexity index is 628. The number of hydrogen-bond donors (Lipinski definition) is 1. The number of carbonyl (C=O) groups is 2. The fourth-order valence-electron chi connectivity index (χ4n) is 1.86. The largest absolute Gasteiger partial charge is 0.481 e. The third-order valence-electron chi connectivity index (χ3n) is 2.99. The Hall–Kier alpha value is -2.17. The molecule has 1 heterocycles. The van der Waals surface area contributed by atoms with Gasteiger partial charge in [-0.25, -0.2) is 4.98 Å². The predicted molar refractivity (Wildman–Crippen MR) is 66.7 cm³/mol. The van der Waals surface area contributed by atoms with Gasteiger partial charge in [-0.05, 0) is 25.1 Å². The smallest absolute Gasteiger partial charge is 0.303 e. The van der Waals surface area contributed by atoms with Crippen LogP contribution in [0.5, 0.6) is 0 Å². The second-order valence-electron chi connectivity index (χ2n) is 4.24. The van der Waals surface area contributed by atoms with Crippen LogP contribution in [0.15, 0.2) is 18.2 Å². The molecular weight excluding hydrogens is 232 g/mol. The van der Waals surface area contributed by atoms with Crippen LogP contribution >= 0.6 is 0 Å². The maximum Gasteiger partial charge on any atom is 0.303 e. The molecule has 1 aromatic carbocycles. The van der Waals surface area contributed by atoms with Crippen molar-refractivity contribution in [2.75, 3.05) is 0 Å². The summed E-state index contributed by atoms with van der Waals surface area (Å²) in [5.74, 6) is -0.249. The molecule has 18 heavy (non-hydrogen) atoms. The molecule has 0 aliphatic heterocycles. The molecule has 0 spiro atoms. The number of carboxylic acids is 1. The van der Waals surface area contributed by atoms with E-state index in [0.717, 1.165) is 16.9 Å². The highest BCUT2D eigenvalue weighted by Gasteiger charge is 2.11. The number of fused-ring (bicyclic) bond motifs is 1. The number of ketones is 1. The van der Waals surface area contributed by atoms with Crippen molar-refractivity contribution in [3.05, 3.63) is 29.6 Å². The molecule has 2 rings (SSSR count). The van der Waals surface area contributed by atoms with Crippen LogP contribution in [0.2, 0.25) is 0 Å². The maximum atomic E-state index is 11.8. The Labute approximate surface area is 104 Å². The highest BCUT2D eigenvalue weighted by atomic mass is 16.4. The minimum absolute atomic E-state index is 0.0205. The summed E-state index contributed by atoms with van der Waals surface area (Å²) < 4.78 is 1.95. The number of aryl methyl sites for hydroxylation is 2. The Morgan fingerprint density at radius 1 is 1.33 bits per heavy atom. The number of Topliss-reactive ketones (excluding diaryl/α,β-unsaturated/α-hetero) is 1. The van der Waals surface area contributed by atoms with E-state index in [0.29, 0.717) is 5.56 Å². The van der Waals surface area contributed by atoms with Gasteiger partial charge in [0.05, 0.1) is 17.5 Å².